The highest BCUT2D eigenvalue weighted by Gasteiger charge is 2.84. The van der Waals surface area contributed by atoms with Crippen LogP contribution in [0.2, 0.25) is 0 Å². The van der Waals surface area contributed by atoms with Gasteiger partial charge >= 0.3 is 5.66 Å². The predicted molar refractivity (Wildman–Crippen MR) is 89.1 cm³/mol. The van der Waals surface area contributed by atoms with Gasteiger partial charge in [0.2, 0.25) is 0 Å². The molecule has 24 heavy (non-hydrogen) atoms. The summed E-state index contributed by atoms with van der Waals surface area (Å²) >= 11 is 0. The van der Waals surface area contributed by atoms with Crippen LogP contribution in [0.25, 0.3) is 0 Å². The summed E-state index contributed by atoms with van der Waals surface area (Å²) in [7, 11) is 0. The summed E-state index contributed by atoms with van der Waals surface area (Å²) in [5.41, 5.74) is -3.22. The van der Waals surface area contributed by atoms with Gasteiger partial charge in [-0.2, -0.15) is 0 Å². The molecule has 0 saturated heterocycles. The fraction of sp³-hybridized carbons (Fsp3) is 0.333. The molecule has 1 atom stereocenters. The molecule has 0 spiro atoms. The van der Waals surface area contributed by atoms with Gasteiger partial charge in [0.15, 0.2) is 5.41 Å². The second-order valence-electron chi connectivity index (χ2n) is 6.85. The molecule has 1 aliphatic rings. The smallest absolute Gasteiger partial charge is 0.258 e. The Balaban J connectivity index is 2.52. The predicted octanol–water partition coefficient (Wildman–Crippen LogP) is 3.53. The van der Waals surface area contributed by atoms with Gasteiger partial charge in [-0.05, 0) is 37.5 Å². The molecule has 0 bridgehead atoms. The summed E-state index contributed by atoms with van der Waals surface area (Å²) in [6.07, 6.45) is 0. The zero-order valence-electron chi connectivity index (χ0n) is 13.7. The molecule has 3 rings (SSSR count). The average Bonchev–Trinajstić information content (AvgIpc) is 2.71. The molecule has 0 radical (unpaired) electrons. The Morgan fingerprint density at radius 3 is 1.71 bits per heavy atom. The number of hydrogen-bond acceptors (Lipinski definition) is 4. The fourth-order valence-corrected chi connectivity index (χ4v) is 4.48. The molecule has 6 heteroatoms. The highest BCUT2D eigenvalue weighted by atomic mass is 16.7. The Hall–Kier alpha value is -2.76. The molecule has 1 unspecified atom stereocenters. The van der Waals surface area contributed by atoms with Gasteiger partial charge in [0.1, 0.15) is 15.3 Å². The lowest BCUT2D eigenvalue weighted by atomic mass is 9.65. The van der Waals surface area contributed by atoms with Crippen molar-refractivity contribution in [1.29, 1.82) is 0 Å². The number of nitro groups is 2. The van der Waals surface area contributed by atoms with E-state index in [1.165, 1.54) is 0 Å². The molecule has 0 fully saturated rings. The zero-order chi connectivity index (χ0) is 17.8. The van der Waals surface area contributed by atoms with Gasteiger partial charge in [-0.1, -0.05) is 54.6 Å². The molecule has 0 saturated carbocycles. The van der Waals surface area contributed by atoms with Crippen LogP contribution >= 0.6 is 0 Å². The number of nitrogens with zero attached hydrogens (tertiary/aromatic N) is 2. The second kappa shape index (κ2) is 4.87. The van der Waals surface area contributed by atoms with Crippen LogP contribution < -0.4 is 0 Å². The summed E-state index contributed by atoms with van der Waals surface area (Å²) in [5.74, 6) is 0. The van der Waals surface area contributed by atoms with E-state index in [9.17, 15) is 20.2 Å². The van der Waals surface area contributed by atoms with E-state index >= 15 is 0 Å². The molecular formula is C18H18N2O4. The molecule has 0 aromatic heterocycles. The lowest BCUT2D eigenvalue weighted by Crippen LogP contribution is -2.66. The van der Waals surface area contributed by atoms with Crippen LogP contribution in [0.3, 0.4) is 0 Å². The highest BCUT2D eigenvalue weighted by Crippen LogP contribution is 2.60. The normalized spacial score (nSPS) is 23.5. The van der Waals surface area contributed by atoms with Crippen molar-refractivity contribution in [1.82, 2.24) is 0 Å². The van der Waals surface area contributed by atoms with E-state index in [0.717, 1.165) is 0 Å². The SMILES string of the molecule is CC1(C)c2ccccc2C(C)(c2ccccc2)C1([N+](=O)[O-])[N+](=O)[O-]. The van der Waals surface area contributed by atoms with Crippen LogP contribution in [-0.2, 0) is 10.8 Å². The van der Waals surface area contributed by atoms with Crippen molar-refractivity contribution in [3.63, 3.8) is 0 Å². The van der Waals surface area contributed by atoms with Gasteiger partial charge in [-0.3, -0.25) is 20.2 Å². The first-order valence-electron chi connectivity index (χ1n) is 7.67. The number of fused-ring (bicyclic) bond motifs is 1. The van der Waals surface area contributed by atoms with Crippen LogP contribution in [0.5, 0.6) is 0 Å². The van der Waals surface area contributed by atoms with Gasteiger partial charge in [0, 0.05) is 0 Å². The third-order valence-corrected chi connectivity index (χ3v) is 5.59. The quantitative estimate of drug-likeness (QED) is 0.490. The van der Waals surface area contributed by atoms with Crippen LogP contribution in [0.15, 0.2) is 54.6 Å². The van der Waals surface area contributed by atoms with Crippen molar-refractivity contribution >= 4 is 0 Å². The Kier molecular flexibility index (Phi) is 3.27. The number of hydrogen-bond donors (Lipinski definition) is 0. The largest absolute Gasteiger partial charge is 0.480 e. The molecule has 1 aliphatic carbocycles. The Bertz CT molecular complexity index is 818. The van der Waals surface area contributed by atoms with E-state index in [1.54, 1.807) is 75.4 Å². The van der Waals surface area contributed by atoms with Crippen LogP contribution in [0, 0.1) is 20.2 Å². The Morgan fingerprint density at radius 1 is 0.750 bits per heavy atom. The van der Waals surface area contributed by atoms with E-state index in [2.05, 4.69) is 0 Å². The van der Waals surface area contributed by atoms with Gasteiger partial charge < -0.3 is 0 Å². The molecule has 0 N–H and O–H groups in total. The third kappa shape index (κ3) is 1.55. The summed E-state index contributed by atoms with van der Waals surface area (Å²) < 4.78 is 0. The van der Waals surface area contributed by atoms with E-state index in [1.807, 2.05) is 0 Å². The summed E-state index contributed by atoms with van der Waals surface area (Å²) in [6, 6.07) is 15.8. The lowest BCUT2D eigenvalue weighted by molar-refractivity contribution is -0.816. The zero-order valence-corrected chi connectivity index (χ0v) is 13.7. The van der Waals surface area contributed by atoms with Crippen LogP contribution in [0.1, 0.15) is 37.5 Å². The van der Waals surface area contributed by atoms with Crippen molar-refractivity contribution in [3.8, 4) is 0 Å². The van der Waals surface area contributed by atoms with Gasteiger partial charge in [-0.15, -0.1) is 0 Å². The summed E-state index contributed by atoms with van der Waals surface area (Å²) in [5, 5.41) is 24.4. The molecule has 124 valence electrons. The molecule has 2 aromatic rings. The van der Waals surface area contributed by atoms with E-state index in [-0.39, 0.29) is 0 Å². The van der Waals surface area contributed by atoms with Crippen molar-refractivity contribution in [2.45, 2.75) is 37.3 Å². The standard InChI is InChI=1S/C18H18N2O4/c1-16(2)14-11-7-8-12-15(14)17(3,13-9-5-4-6-10-13)18(16,19(21)22)20(23)24/h4-12H,1-3H3. The Labute approximate surface area is 139 Å². The van der Waals surface area contributed by atoms with Gasteiger partial charge in [-0.25, -0.2) is 0 Å². The molecule has 2 aromatic carbocycles. The van der Waals surface area contributed by atoms with Crippen LogP contribution in [0.4, 0.5) is 0 Å². The molecule has 0 amide bonds. The third-order valence-electron chi connectivity index (χ3n) is 5.59. The average molecular weight is 326 g/mol. The number of rotatable bonds is 3. The van der Waals surface area contributed by atoms with Crippen molar-refractivity contribution < 1.29 is 9.85 Å². The summed E-state index contributed by atoms with van der Waals surface area (Å²) in [4.78, 5) is 23.0. The van der Waals surface area contributed by atoms with E-state index in [0.29, 0.717) is 16.7 Å². The summed E-state index contributed by atoms with van der Waals surface area (Å²) in [6.45, 7) is 4.79. The maximum Gasteiger partial charge on any atom is 0.480 e. The van der Waals surface area contributed by atoms with E-state index < -0.39 is 26.3 Å². The monoisotopic (exact) mass is 326 g/mol. The van der Waals surface area contributed by atoms with Gasteiger partial charge in [0.05, 0.1) is 0 Å². The minimum absolute atomic E-state index is 0.566. The Morgan fingerprint density at radius 2 is 1.21 bits per heavy atom. The number of benzene rings is 2. The second-order valence-corrected chi connectivity index (χ2v) is 6.85. The van der Waals surface area contributed by atoms with Crippen molar-refractivity contribution in [2.24, 2.45) is 0 Å². The first-order valence-corrected chi connectivity index (χ1v) is 7.67. The lowest BCUT2D eigenvalue weighted by Gasteiger charge is -2.35. The van der Waals surface area contributed by atoms with E-state index in [4.69, 9.17) is 0 Å². The first kappa shape index (κ1) is 16.1. The molecular weight excluding hydrogens is 308 g/mol. The molecule has 0 heterocycles. The molecule has 0 aliphatic heterocycles. The topological polar surface area (TPSA) is 86.3 Å². The van der Waals surface area contributed by atoms with Gasteiger partial charge in [0.25, 0.3) is 0 Å². The molecule has 6 nitrogen and oxygen atoms in total. The first-order chi connectivity index (χ1) is 11.2. The van der Waals surface area contributed by atoms with Crippen LogP contribution in [-0.4, -0.2) is 15.5 Å². The highest BCUT2D eigenvalue weighted by molar-refractivity contribution is 5.55. The maximum atomic E-state index is 12.2. The minimum atomic E-state index is -2.40. The van der Waals surface area contributed by atoms with Crippen molar-refractivity contribution in [3.05, 3.63) is 91.5 Å². The minimum Gasteiger partial charge on any atom is -0.258 e. The van der Waals surface area contributed by atoms with Crippen molar-refractivity contribution in [2.75, 3.05) is 0 Å². The maximum absolute atomic E-state index is 12.2. The fourth-order valence-electron chi connectivity index (χ4n) is 4.48.